The molecule has 2 rings (SSSR count). The molecule has 0 spiro atoms. The van der Waals surface area contributed by atoms with Crippen LogP contribution in [0.1, 0.15) is 0 Å². The van der Waals surface area contributed by atoms with E-state index in [1.807, 2.05) is 18.2 Å². The maximum absolute atomic E-state index is 10.9. The minimum Gasteiger partial charge on any atom is -0.450 e. The summed E-state index contributed by atoms with van der Waals surface area (Å²) in [4.78, 5) is 10.9. The number of amides is 1. The molecule has 0 fully saturated rings. The first-order chi connectivity index (χ1) is 6.36. The van der Waals surface area contributed by atoms with Crippen LogP contribution in [0.3, 0.4) is 0 Å². The lowest BCUT2D eigenvalue weighted by Gasteiger charge is -2.01. The molecule has 1 aromatic carbocycles. The first-order valence-corrected chi connectivity index (χ1v) is 3.74. The molecule has 1 amide bonds. The monoisotopic (exact) mass is 174 g/mol. The Kier molecular flexibility index (Phi) is 1.88. The highest BCUT2D eigenvalue weighted by atomic mass is 16.5. The number of para-hydroxylation sites is 1. The molecule has 1 aliphatic rings. The molecule has 4 heteroatoms. The van der Waals surface area contributed by atoms with Crippen molar-refractivity contribution in [3.05, 3.63) is 42.3 Å². The van der Waals surface area contributed by atoms with Gasteiger partial charge < -0.3 is 4.74 Å². The minimum atomic E-state index is -0.441. The topological polar surface area (TPSA) is 51.0 Å². The Morgan fingerprint density at radius 1 is 1.15 bits per heavy atom. The first kappa shape index (κ1) is 7.67. The Morgan fingerprint density at radius 3 is 2.54 bits per heavy atom. The number of azo groups is 1. The van der Waals surface area contributed by atoms with Crippen LogP contribution in [0, 0.1) is 0 Å². The zero-order valence-electron chi connectivity index (χ0n) is 6.68. The predicted octanol–water partition coefficient (Wildman–Crippen LogP) is 1.90. The van der Waals surface area contributed by atoms with Gasteiger partial charge in [0.25, 0.3) is 0 Å². The Hall–Kier alpha value is -1.97. The fourth-order valence-electron chi connectivity index (χ4n) is 0.924. The summed E-state index contributed by atoms with van der Waals surface area (Å²) in [5, 5.41) is 6.71. The van der Waals surface area contributed by atoms with E-state index in [9.17, 15) is 4.79 Å². The normalized spacial score (nSPS) is 14.5. The molecule has 1 aromatic rings. The third-order valence-electron chi connectivity index (χ3n) is 1.51. The van der Waals surface area contributed by atoms with Crippen molar-refractivity contribution in [1.82, 2.24) is 0 Å². The maximum atomic E-state index is 10.9. The van der Waals surface area contributed by atoms with Gasteiger partial charge in [0, 0.05) is 0 Å². The van der Waals surface area contributed by atoms with Gasteiger partial charge in [0.15, 0.2) is 0 Å². The fourth-order valence-corrected chi connectivity index (χ4v) is 0.924. The van der Waals surface area contributed by atoms with Crippen molar-refractivity contribution in [3.8, 4) is 5.75 Å². The Labute approximate surface area is 74.6 Å². The zero-order chi connectivity index (χ0) is 9.10. The average Bonchev–Trinajstić information content (AvgIpc) is 2.54. The second kappa shape index (κ2) is 3.18. The van der Waals surface area contributed by atoms with E-state index in [4.69, 9.17) is 4.74 Å². The van der Waals surface area contributed by atoms with Crippen LogP contribution in [-0.2, 0) is 4.79 Å². The van der Waals surface area contributed by atoms with Gasteiger partial charge in [-0.1, -0.05) is 18.2 Å². The molecule has 0 saturated heterocycles. The number of carbonyl (C=O) groups excluding carboxylic acids is 1. The van der Waals surface area contributed by atoms with Crippen LogP contribution in [0.15, 0.2) is 52.5 Å². The molecule has 0 saturated carbocycles. The second-order valence-corrected chi connectivity index (χ2v) is 2.43. The summed E-state index contributed by atoms with van der Waals surface area (Å²) >= 11 is 0. The van der Waals surface area contributed by atoms with Gasteiger partial charge in [-0.3, -0.25) is 4.79 Å². The van der Waals surface area contributed by atoms with E-state index in [0.29, 0.717) is 5.75 Å². The molecule has 0 N–H and O–H groups in total. The van der Waals surface area contributed by atoms with E-state index in [1.54, 1.807) is 12.1 Å². The molecule has 4 nitrogen and oxygen atoms in total. The Balaban J connectivity index is 2.12. The minimum absolute atomic E-state index is 0.159. The molecule has 0 unspecified atom stereocenters. The summed E-state index contributed by atoms with van der Waals surface area (Å²) in [5.41, 5.74) is 0. The smallest absolute Gasteiger partial charge is 0.332 e. The highest BCUT2D eigenvalue weighted by molar-refractivity contribution is 5.93. The van der Waals surface area contributed by atoms with Crippen molar-refractivity contribution in [2.45, 2.75) is 0 Å². The largest absolute Gasteiger partial charge is 0.450 e. The summed E-state index contributed by atoms with van der Waals surface area (Å²) in [5.74, 6) is 0.324. The summed E-state index contributed by atoms with van der Waals surface area (Å²) in [7, 11) is 0. The first-order valence-electron chi connectivity index (χ1n) is 3.74. The van der Waals surface area contributed by atoms with Gasteiger partial charge in [-0.25, -0.2) is 0 Å². The molecular formula is C9H6N2O2. The van der Waals surface area contributed by atoms with Crippen LogP contribution in [-0.4, -0.2) is 5.91 Å². The number of rotatable bonds is 2. The quantitative estimate of drug-likeness (QED) is 0.687. The molecular weight excluding hydrogens is 168 g/mol. The lowest BCUT2D eigenvalue weighted by Crippen LogP contribution is -2.02. The molecule has 0 bridgehead atoms. The van der Waals surface area contributed by atoms with Crippen molar-refractivity contribution in [2.75, 3.05) is 0 Å². The highest BCUT2D eigenvalue weighted by Gasteiger charge is 2.15. The number of nitrogens with zero attached hydrogens (tertiary/aromatic N) is 2. The lowest BCUT2D eigenvalue weighted by atomic mass is 10.3. The molecule has 64 valence electrons. The van der Waals surface area contributed by atoms with Gasteiger partial charge in [-0.2, -0.15) is 5.11 Å². The lowest BCUT2D eigenvalue weighted by molar-refractivity contribution is -0.116. The summed E-state index contributed by atoms with van der Waals surface area (Å²) in [6, 6.07) is 9.03. The molecule has 13 heavy (non-hydrogen) atoms. The van der Waals surface area contributed by atoms with Gasteiger partial charge >= 0.3 is 5.91 Å². The number of carbonyl (C=O) groups is 1. The predicted molar refractivity (Wildman–Crippen MR) is 45.0 cm³/mol. The molecule has 1 heterocycles. The van der Waals surface area contributed by atoms with E-state index in [2.05, 4.69) is 10.2 Å². The summed E-state index contributed by atoms with van der Waals surface area (Å²) in [6.07, 6.45) is 1.30. The van der Waals surface area contributed by atoms with E-state index >= 15 is 0 Å². The zero-order valence-corrected chi connectivity index (χ0v) is 6.68. The van der Waals surface area contributed by atoms with Crippen molar-refractivity contribution >= 4 is 5.91 Å². The van der Waals surface area contributed by atoms with Crippen LogP contribution in [0.2, 0.25) is 0 Å². The molecule has 0 radical (unpaired) electrons. The molecule has 0 atom stereocenters. The average molecular weight is 174 g/mol. The number of ether oxygens (including phenoxy) is 1. The van der Waals surface area contributed by atoms with E-state index < -0.39 is 5.91 Å². The van der Waals surface area contributed by atoms with Crippen LogP contribution in [0.4, 0.5) is 0 Å². The van der Waals surface area contributed by atoms with Gasteiger partial charge in [0.05, 0.1) is 6.20 Å². The van der Waals surface area contributed by atoms with Gasteiger partial charge in [0.2, 0.25) is 5.76 Å². The molecule has 1 aliphatic heterocycles. The van der Waals surface area contributed by atoms with E-state index in [-0.39, 0.29) is 5.76 Å². The van der Waals surface area contributed by atoms with E-state index in [0.717, 1.165) is 0 Å². The van der Waals surface area contributed by atoms with Gasteiger partial charge in [-0.05, 0) is 12.1 Å². The van der Waals surface area contributed by atoms with Crippen LogP contribution in [0.5, 0.6) is 5.75 Å². The van der Waals surface area contributed by atoms with Crippen molar-refractivity contribution in [2.24, 2.45) is 10.2 Å². The van der Waals surface area contributed by atoms with Crippen LogP contribution in [0.25, 0.3) is 0 Å². The fraction of sp³-hybridized carbons (Fsp3) is 0. The summed E-state index contributed by atoms with van der Waals surface area (Å²) < 4.78 is 5.21. The van der Waals surface area contributed by atoms with Gasteiger partial charge in [-0.15, -0.1) is 5.11 Å². The number of hydrogen-bond acceptors (Lipinski definition) is 3. The third-order valence-corrected chi connectivity index (χ3v) is 1.51. The van der Waals surface area contributed by atoms with Crippen LogP contribution >= 0.6 is 0 Å². The van der Waals surface area contributed by atoms with Crippen molar-refractivity contribution in [3.63, 3.8) is 0 Å². The Bertz CT molecular complexity index is 382. The van der Waals surface area contributed by atoms with Crippen molar-refractivity contribution in [1.29, 1.82) is 0 Å². The van der Waals surface area contributed by atoms with E-state index in [1.165, 1.54) is 6.20 Å². The van der Waals surface area contributed by atoms with Crippen molar-refractivity contribution < 1.29 is 9.53 Å². The standard InChI is InChI=1S/C9H6N2O2/c12-9-8(6-10-11-9)13-7-4-2-1-3-5-7/h1-6H. The molecule has 0 aliphatic carbocycles. The summed E-state index contributed by atoms with van der Waals surface area (Å²) in [6.45, 7) is 0. The Morgan fingerprint density at radius 2 is 1.92 bits per heavy atom. The number of hydrogen-bond donors (Lipinski definition) is 0. The SMILES string of the molecule is O=C1N=NC=C1Oc1ccccc1. The highest BCUT2D eigenvalue weighted by Crippen LogP contribution is 2.16. The van der Waals surface area contributed by atoms with Gasteiger partial charge in [0.1, 0.15) is 5.75 Å². The van der Waals surface area contributed by atoms with Crippen LogP contribution < -0.4 is 4.74 Å². The second-order valence-electron chi connectivity index (χ2n) is 2.43. The molecule has 0 aromatic heterocycles. The number of benzene rings is 1. The maximum Gasteiger partial charge on any atom is 0.332 e. The third kappa shape index (κ3) is 1.61.